The zero-order valence-corrected chi connectivity index (χ0v) is 10.9. The molecule has 0 aliphatic carbocycles. The molecule has 0 aliphatic heterocycles. The van der Waals surface area contributed by atoms with E-state index in [0.717, 1.165) is 18.7 Å². The number of unbranched alkanes of at least 4 members (excludes halogenated alkanes) is 1. The molecule has 0 aromatic rings. The number of carbonyl (C=O) groups is 1. The number of ether oxygens (including phenoxy) is 1. The Morgan fingerprint density at radius 1 is 1.40 bits per heavy atom. The van der Waals surface area contributed by atoms with Crippen LogP contribution >= 0.6 is 11.8 Å². The van der Waals surface area contributed by atoms with E-state index in [9.17, 15) is 4.79 Å². The summed E-state index contributed by atoms with van der Waals surface area (Å²) in [6.45, 7) is 5.00. The van der Waals surface area contributed by atoms with E-state index < -0.39 is 0 Å². The summed E-state index contributed by atoms with van der Waals surface area (Å²) in [6, 6.07) is -0.130. The average molecular weight is 233 g/mol. The molecule has 90 valence electrons. The highest BCUT2D eigenvalue weighted by atomic mass is 32.2. The van der Waals surface area contributed by atoms with E-state index in [0.29, 0.717) is 0 Å². The Hall–Kier alpha value is -0.220. The predicted molar refractivity (Wildman–Crippen MR) is 66.3 cm³/mol. The molecule has 3 nitrogen and oxygen atoms in total. The summed E-state index contributed by atoms with van der Waals surface area (Å²) in [5.41, 5.74) is 0. The zero-order valence-electron chi connectivity index (χ0n) is 10.0. The number of likely N-dealkylation sites (N-methyl/N-ethyl adjacent to an activating group) is 1. The summed E-state index contributed by atoms with van der Waals surface area (Å²) in [6.07, 6.45) is 3.35. The predicted octanol–water partition coefficient (Wildman–Crippen LogP) is 2.06. The molecule has 0 heterocycles. The maximum atomic E-state index is 11.3. The van der Waals surface area contributed by atoms with Gasteiger partial charge in [-0.3, -0.25) is 4.79 Å². The number of methoxy groups -OCH3 is 1. The molecule has 15 heavy (non-hydrogen) atoms. The molecule has 1 atom stereocenters. The third-order valence-electron chi connectivity index (χ3n) is 2.13. The van der Waals surface area contributed by atoms with Gasteiger partial charge in [-0.05, 0) is 30.9 Å². The second-order valence-corrected chi connectivity index (χ2v) is 4.61. The van der Waals surface area contributed by atoms with Gasteiger partial charge >= 0.3 is 5.97 Å². The number of carbonyl (C=O) groups excluding carboxylic acids is 1. The van der Waals surface area contributed by atoms with Gasteiger partial charge in [-0.1, -0.05) is 20.3 Å². The summed E-state index contributed by atoms with van der Waals surface area (Å²) in [7, 11) is 1.44. The summed E-state index contributed by atoms with van der Waals surface area (Å²) in [5, 5.41) is 3.14. The first-order valence-corrected chi connectivity index (χ1v) is 6.80. The fourth-order valence-electron chi connectivity index (χ4n) is 1.24. The van der Waals surface area contributed by atoms with Crippen LogP contribution in [0.4, 0.5) is 0 Å². The molecule has 0 amide bonds. The molecule has 1 N–H and O–H groups in total. The van der Waals surface area contributed by atoms with Crippen LogP contribution in [0.25, 0.3) is 0 Å². The van der Waals surface area contributed by atoms with Gasteiger partial charge in [-0.25, -0.2) is 0 Å². The lowest BCUT2D eigenvalue weighted by Crippen LogP contribution is -2.37. The van der Waals surface area contributed by atoms with Crippen molar-refractivity contribution >= 4 is 17.7 Å². The van der Waals surface area contributed by atoms with Crippen molar-refractivity contribution in [3.05, 3.63) is 0 Å². The molecule has 0 radical (unpaired) electrons. The largest absolute Gasteiger partial charge is 0.468 e. The van der Waals surface area contributed by atoms with Gasteiger partial charge in [-0.15, -0.1) is 0 Å². The Morgan fingerprint density at radius 2 is 2.13 bits per heavy atom. The first kappa shape index (κ1) is 14.8. The molecule has 0 bridgehead atoms. The molecule has 1 unspecified atom stereocenters. The van der Waals surface area contributed by atoms with Crippen LogP contribution in [0.1, 0.15) is 33.1 Å². The quantitative estimate of drug-likeness (QED) is 0.489. The van der Waals surface area contributed by atoms with Crippen LogP contribution in [0.3, 0.4) is 0 Å². The number of nitrogens with one attached hydrogen (secondary N) is 1. The summed E-state index contributed by atoms with van der Waals surface area (Å²) in [5.74, 6) is 2.07. The van der Waals surface area contributed by atoms with Crippen LogP contribution in [-0.2, 0) is 9.53 Å². The maximum Gasteiger partial charge on any atom is 0.322 e. The van der Waals surface area contributed by atoms with E-state index in [1.165, 1.54) is 25.7 Å². The van der Waals surface area contributed by atoms with Crippen molar-refractivity contribution in [3.8, 4) is 0 Å². The first-order chi connectivity index (χ1) is 7.26. The Labute approximate surface area is 97.3 Å². The van der Waals surface area contributed by atoms with Crippen LogP contribution in [0.15, 0.2) is 0 Å². The number of rotatable bonds is 9. The third-order valence-corrected chi connectivity index (χ3v) is 3.23. The average Bonchev–Trinajstić information content (AvgIpc) is 2.26. The number of hydrogen-bond acceptors (Lipinski definition) is 4. The number of hydrogen-bond donors (Lipinski definition) is 1. The fourth-order valence-corrected chi connectivity index (χ4v) is 2.34. The highest BCUT2D eigenvalue weighted by molar-refractivity contribution is 7.99. The second kappa shape index (κ2) is 10.3. The number of esters is 1. The van der Waals surface area contributed by atoms with Crippen molar-refractivity contribution in [2.75, 3.05) is 25.2 Å². The summed E-state index contributed by atoms with van der Waals surface area (Å²) < 4.78 is 4.73. The van der Waals surface area contributed by atoms with Crippen molar-refractivity contribution in [1.82, 2.24) is 5.32 Å². The van der Waals surface area contributed by atoms with Gasteiger partial charge < -0.3 is 10.1 Å². The lowest BCUT2D eigenvalue weighted by Gasteiger charge is -2.14. The highest BCUT2D eigenvalue weighted by Crippen LogP contribution is 2.08. The molecule has 0 fully saturated rings. The fraction of sp³-hybridized carbons (Fsp3) is 0.909. The SMILES string of the molecule is CCCCSCCC(NCC)C(=O)OC. The molecule has 0 aromatic carbocycles. The normalized spacial score (nSPS) is 12.5. The zero-order chi connectivity index (χ0) is 11.5. The van der Waals surface area contributed by atoms with Crippen LogP contribution < -0.4 is 5.32 Å². The van der Waals surface area contributed by atoms with E-state index in [1.54, 1.807) is 0 Å². The smallest absolute Gasteiger partial charge is 0.322 e. The van der Waals surface area contributed by atoms with Crippen molar-refractivity contribution in [2.45, 2.75) is 39.2 Å². The minimum atomic E-state index is -0.145. The molecule has 0 saturated heterocycles. The van der Waals surface area contributed by atoms with Crippen molar-refractivity contribution < 1.29 is 9.53 Å². The Morgan fingerprint density at radius 3 is 2.67 bits per heavy atom. The Bertz CT molecular complexity index is 165. The molecular weight excluding hydrogens is 210 g/mol. The van der Waals surface area contributed by atoms with Crippen molar-refractivity contribution in [2.24, 2.45) is 0 Å². The standard InChI is InChI=1S/C11H23NO2S/c1-4-6-8-15-9-7-10(12-5-2)11(13)14-3/h10,12H,4-9H2,1-3H3. The van der Waals surface area contributed by atoms with E-state index in [2.05, 4.69) is 12.2 Å². The van der Waals surface area contributed by atoms with Crippen LogP contribution in [0.2, 0.25) is 0 Å². The molecule has 0 spiro atoms. The van der Waals surface area contributed by atoms with Crippen LogP contribution in [-0.4, -0.2) is 37.2 Å². The monoisotopic (exact) mass is 233 g/mol. The van der Waals surface area contributed by atoms with Crippen molar-refractivity contribution in [1.29, 1.82) is 0 Å². The second-order valence-electron chi connectivity index (χ2n) is 3.39. The summed E-state index contributed by atoms with van der Waals surface area (Å²) >= 11 is 1.91. The van der Waals surface area contributed by atoms with Gasteiger partial charge in [0.15, 0.2) is 0 Å². The van der Waals surface area contributed by atoms with E-state index in [1.807, 2.05) is 18.7 Å². The molecule has 0 rings (SSSR count). The van der Waals surface area contributed by atoms with Crippen LogP contribution in [0, 0.1) is 0 Å². The van der Waals surface area contributed by atoms with Gasteiger partial charge in [0.25, 0.3) is 0 Å². The van der Waals surface area contributed by atoms with Gasteiger partial charge in [0, 0.05) is 0 Å². The van der Waals surface area contributed by atoms with E-state index in [4.69, 9.17) is 4.74 Å². The first-order valence-electron chi connectivity index (χ1n) is 5.65. The maximum absolute atomic E-state index is 11.3. The van der Waals surface area contributed by atoms with Crippen molar-refractivity contribution in [3.63, 3.8) is 0 Å². The lowest BCUT2D eigenvalue weighted by atomic mass is 10.2. The molecular formula is C11H23NO2S. The van der Waals surface area contributed by atoms with E-state index in [-0.39, 0.29) is 12.0 Å². The highest BCUT2D eigenvalue weighted by Gasteiger charge is 2.16. The lowest BCUT2D eigenvalue weighted by molar-refractivity contribution is -0.143. The molecule has 0 aliphatic rings. The minimum absolute atomic E-state index is 0.130. The Kier molecular flexibility index (Phi) is 10.2. The summed E-state index contributed by atoms with van der Waals surface area (Å²) in [4.78, 5) is 11.3. The molecule has 4 heteroatoms. The number of thioether (sulfide) groups is 1. The van der Waals surface area contributed by atoms with Gasteiger partial charge in [0.1, 0.15) is 6.04 Å². The van der Waals surface area contributed by atoms with Crippen LogP contribution in [0.5, 0.6) is 0 Å². The third kappa shape index (κ3) is 7.68. The van der Waals surface area contributed by atoms with Gasteiger partial charge in [-0.2, -0.15) is 11.8 Å². The van der Waals surface area contributed by atoms with E-state index >= 15 is 0 Å². The topological polar surface area (TPSA) is 38.3 Å². The Balaban J connectivity index is 3.61. The minimum Gasteiger partial charge on any atom is -0.468 e. The van der Waals surface area contributed by atoms with Gasteiger partial charge in [0.05, 0.1) is 7.11 Å². The van der Waals surface area contributed by atoms with Gasteiger partial charge in [0.2, 0.25) is 0 Å². The molecule has 0 aromatic heterocycles. The molecule has 0 saturated carbocycles.